The number of unbranched alkanes of at least 4 members (excludes halogenated alkanes) is 1. The van der Waals surface area contributed by atoms with Crippen LogP contribution in [0.4, 0.5) is 4.39 Å². The van der Waals surface area contributed by atoms with Gasteiger partial charge in [0.15, 0.2) is 0 Å². The Bertz CT molecular complexity index is 349. The van der Waals surface area contributed by atoms with Crippen LogP contribution < -0.4 is 0 Å². The van der Waals surface area contributed by atoms with Crippen molar-refractivity contribution in [3.8, 4) is 0 Å². The predicted octanol–water partition coefficient (Wildman–Crippen LogP) is 1.46. The van der Waals surface area contributed by atoms with Crippen LogP contribution in [-0.4, -0.2) is 31.1 Å². The predicted molar refractivity (Wildman–Crippen MR) is 56.1 cm³/mol. The van der Waals surface area contributed by atoms with Gasteiger partial charge in [0.1, 0.15) is 0 Å². The molecule has 0 aliphatic rings. The summed E-state index contributed by atoms with van der Waals surface area (Å²) in [7, 11) is -4.61. The average Bonchev–Trinajstić information content (AvgIpc) is 2.14. The summed E-state index contributed by atoms with van der Waals surface area (Å²) < 4.78 is 46.2. The molecule has 0 rings (SSSR count). The molecule has 0 spiro atoms. The highest BCUT2D eigenvalue weighted by atomic mass is 32.2. The van der Waals surface area contributed by atoms with Crippen molar-refractivity contribution in [3.63, 3.8) is 0 Å². The van der Waals surface area contributed by atoms with Crippen LogP contribution in [0.5, 0.6) is 0 Å². The second-order valence-electron chi connectivity index (χ2n) is 3.34. The molecule has 1 N–H and O–H groups in total. The topological polar surface area (TPSA) is 80.7 Å². The lowest BCUT2D eigenvalue weighted by molar-refractivity contribution is -0.139. The van der Waals surface area contributed by atoms with E-state index >= 15 is 0 Å². The summed E-state index contributed by atoms with van der Waals surface area (Å²) in [5.41, 5.74) is -2.01. The minimum Gasteiger partial charge on any atom is -0.462 e. The van der Waals surface area contributed by atoms with Crippen molar-refractivity contribution in [2.45, 2.75) is 31.7 Å². The van der Waals surface area contributed by atoms with Gasteiger partial charge in [-0.2, -0.15) is 8.42 Å². The smallest absolute Gasteiger partial charge is 0.333 e. The second kappa shape index (κ2) is 6.59. The zero-order chi connectivity index (χ0) is 12.8. The lowest BCUT2D eigenvalue weighted by Crippen LogP contribution is -2.15. The number of hydrogen-bond donors (Lipinski definition) is 1. The first kappa shape index (κ1) is 15.0. The highest BCUT2D eigenvalue weighted by Gasteiger charge is 2.20. The zero-order valence-corrected chi connectivity index (χ0v) is 9.80. The Kier molecular flexibility index (Phi) is 6.20. The summed E-state index contributed by atoms with van der Waals surface area (Å²) in [4.78, 5) is 10.9. The molecule has 0 aromatic carbocycles. The first-order valence-electron chi connectivity index (χ1n) is 4.68. The Balaban J connectivity index is 3.63. The van der Waals surface area contributed by atoms with E-state index in [1.165, 1.54) is 6.92 Å². The molecule has 0 saturated heterocycles. The van der Waals surface area contributed by atoms with Crippen molar-refractivity contribution in [1.29, 1.82) is 0 Å². The maximum absolute atomic E-state index is 12.7. The Morgan fingerprint density at radius 2 is 2.06 bits per heavy atom. The van der Waals surface area contributed by atoms with Crippen LogP contribution in [-0.2, 0) is 19.6 Å². The molecular weight excluding hydrogens is 239 g/mol. The molecule has 7 heteroatoms. The van der Waals surface area contributed by atoms with Crippen LogP contribution in [0.1, 0.15) is 26.2 Å². The van der Waals surface area contributed by atoms with E-state index in [4.69, 9.17) is 9.29 Å². The van der Waals surface area contributed by atoms with Crippen molar-refractivity contribution < 1.29 is 26.9 Å². The van der Waals surface area contributed by atoms with Crippen molar-refractivity contribution >= 4 is 16.1 Å². The lowest BCUT2D eigenvalue weighted by atomic mass is 10.2. The van der Waals surface area contributed by atoms with Crippen molar-refractivity contribution in [3.05, 3.63) is 12.2 Å². The molecule has 0 bridgehead atoms. The largest absolute Gasteiger partial charge is 0.462 e. The molecule has 16 heavy (non-hydrogen) atoms. The Morgan fingerprint density at radius 1 is 1.50 bits per heavy atom. The van der Waals surface area contributed by atoms with E-state index in [1.807, 2.05) is 0 Å². The van der Waals surface area contributed by atoms with Gasteiger partial charge >= 0.3 is 5.97 Å². The maximum Gasteiger partial charge on any atom is 0.333 e. The summed E-state index contributed by atoms with van der Waals surface area (Å²) in [5.74, 6) is -0.536. The molecule has 1 atom stereocenters. The quantitative estimate of drug-likeness (QED) is 0.322. The number of ether oxygens (including phenoxy) is 1. The number of alkyl halides is 1. The Hall–Kier alpha value is -0.950. The normalized spacial score (nSPS) is 13.2. The monoisotopic (exact) mass is 254 g/mol. The van der Waals surface area contributed by atoms with Gasteiger partial charge in [0.05, 0.1) is 6.61 Å². The number of esters is 1. The number of carbonyl (C=O) groups excluding carboxylic acids is 1. The van der Waals surface area contributed by atoms with Crippen LogP contribution in [0.15, 0.2) is 12.2 Å². The summed E-state index contributed by atoms with van der Waals surface area (Å²) >= 11 is 0. The first-order chi connectivity index (χ1) is 7.25. The Labute approximate surface area is 94.0 Å². The van der Waals surface area contributed by atoms with Crippen LogP contribution in [0.2, 0.25) is 0 Å². The van der Waals surface area contributed by atoms with Crippen LogP contribution in [0, 0.1) is 0 Å². The van der Waals surface area contributed by atoms with Gasteiger partial charge < -0.3 is 4.74 Å². The molecule has 0 radical (unpaired) electrons. The molecule has 94 valence electrons. The summed E-state index contributed by atoms with van der Waals surface area (Å²) in [6.45, 7) is 4.94. The number of halogens is 1. The minimum atomic E-state index is -4.61. The molecule has 0 aliphatic heterocycles. The molecule has 0 aliphatic carbocycles. The molecule has 0 heterocycles. The molecule has 0 fully saturated rings. The summed E-state index contributed by atoms with van der Waals surface area (Å²) in [5, 5.41) is 0. The molecule has 0 saturated carbocycles. The van der Waals surface area contributed by atoms with E-state index < -0.39 is 21.6 Å². The highest BCUT2D eigenvalue weighted by molar-refractivity contribution is 7.86. The number of carbonyl (C=O) groups is 1. The van der Waals surface area contributed by atoms with Gasteiger partial charge in [0, 0.05) is 5.57 Å². The number of hydrogen-bond acceptors (Lipinski definition) is 4. The molecule has 0 aromatic heterocycles. The van der Waals surface area contributed by atoms with E-state index in [9.17, 15) is 17.6 Å². The number of rotatable bonds is 7. The van der Waals surface area contributed by atoms with Gasteiger partial charge in [-0.05, 0) is 26.2 Å². The van der Waals surface area contributed by atoms with Crippen LogP contribution >= 0.6 is 0 Å². The SMILES string of the molecule is C=C(C)C(=O)OCCCCC(F)S(=O)(=O)O. The third kappa shape index (κ3) is 6.52. The van der Waals surface area contributed by atoms with Crippen molar-refractivity contribution in [2.75, 3.05) is 6.61 Å². The molecule has 0 amide bonds. The van der Waals surface area contributed by atoms with E-state index in [0.29, 0.717) is 6.42 Å². The fraction of sp³-hybridized carbons (Fsp3) is 0.667. The highest BCUT2D eigenvalue weighted by Crippen LogP contribution is 2.10. The van der Waals surface area contributed by atoms with E-state index in [-0.39, 0.29) is 25.0 Å². The third-order valence-corrected chi connectivity index (χ3v) is 2.61. The standard InChI is InChI=1S/C9H15FO5S/c1-7(2)9(11)15-6-4-3-5-8(10)16(12,13)14/h8H,1,3-6H2,2H3,(H,12,13,14). The van der Waals surface area contributed by atoms with Gasteiger partial charge in [0.25, 0.3) is 10.1 Å². The maximum atomic E-state index is 12.7. The van der Waals surface area contributed by atoms with Crippen molar-refractivity contribution in [2.24, 2.45) is 0 Å². The second-order valence-corrected chi connectivity index (χ2v) is 4.88. The van der Waals surface area contributed by atoms with Gasteiger partial charge in [-0.1, -0.05) is 6.58 Å². The van der Waals surface area contributed by atoms with Gasteiger partial charge in [-0.3, -0.25) is 4.55 Å². The molecule has 1 unspecified atom stereocenters. The summed E-state index contributed by atoms with van der Waals surface area (Å²) in [6, 6.07) is 0. The zero-order valence-electron chi connectivity index (χ0n) is 8.98. The van der Waals surface area contributed by atoms with Gasteiger partial charge in [-0.15, -0.1) is 0 Å². The van der Waals surface area contributed by atoms with Crippen molar-refractivity contribution in [1.82, 2.24) is 0 Å². The molecular formula is C9H15FO5S. The van der Waals surface area contributed by atoms with Gasteiger partial charge in [-0.25, -0.2) is 9.18 Å². The molecule has 5 nitrogen and oxygen atoms in total. The minimum absolute atomic E-state index is 0.0733. The van der Waals surface area contributed by atoms with Gasteiger partial charge in [0.2, 0.25) is 5.50 Å². The first-order valence-corrected chi connectivity index (χ1v) is 6.18. The molecule has 0 aromatic rings. The van der Waals surface area contributed by atoms with E-state index in [2.05, 4.69) is 6.58 Å². The Morgan fingerprint density at radius 3 is 2.50 bits per heavy atom. The van der Waals surface area contributed by atoms with Crippen LogP contribution in [0.25, 0.3) is 0 Å². The van der Waals surface area contributed by atoms with E-state index in [0.717, 1.165) is 0 Å². The summed E-state index contributed by atoms with van der Waals surface area (Å²) in [6.07, 6.45) is 0.211. The lowest BCUT2D eigenvalue weighted by Gasteiger charge is -2.05. The fourth-order valence-corrected chi connectivity index (χ4v) is 1.31. The fourth-order valence-electron chi connectivity index (χ4n) is 0.844. The van der Waals surface area contributed by atoms with Crippen LogP contribution in [0.3, 0.4) is 0 Å². The van der Waals surface area contributed by atoms with E-state index in [1.54, 1.807) is 0 Å². The average molecular weight is 254 g/mol. The third-order valence-electron chi connectivity index (χ3n) is 1.73.